The molecule has 2 aliphatic heterocycles. The first-order chi connectivity index (χ1) is 25.2. The molecule has 0 spiro atoms. The molecule has 18 nitrogen and oxygen atoms in total. The van der Waals surface area contributed by atoms with Crippen molar-refractivity contribution in [2.24, 2.45) is 5.11 Å². The van der Waals surface area contributed by atoms with Gasteiger partial charge in [0, 0.05) is 35.4 Å². The molecule has 19 heteroatoms. The monoisotopic (exact) mass is 752 g/mol. The second kappa shape index (κ2) is 33.8. The van der Waals surface area contributed by atoms with Crippen LogP contribution in [0.25, 0.3) is 10.4 Å². The van der Waals surface area contributed by atoms with E-state index in [1.54, 1.807) is 0 Å². The Balaban J connectivity index is 1.15. The van der Waals surface area contributed by atoms with E-state index in [1.165, 1.54) is 0 Å². The number of thioether (sulfide) groups is 1. The highest BCUT2D eigenvalue weighted by molar-refractivity contribution is 8.00. The van der Waals surface area contributed by atoms with E-state index in [0.717, 1.165) is 25.0 Å². The summed E-state index contributed by atoms with van der Waals surface area (Å²) in [5.74, 6) is 0.999. The van der Waals surface area contributed by atoms with Crippen LogP contribution in [0.3, 0.4) is 0 Å². The van der Waals surface area contributed by atoms with Crippen LogP contribution in [0.5, 0.6) is 0 Å². The van der Waals surface area contributed by atoms with E-state index >= 15 is 0 Å². The molecule has 3 unspecified atom stereocenters. The van der Waals surface area contributed by atoms with Crippen LogP contribution in [0.1, 0.15) is 25.7 Å². The Morgan fingerprint density at radius 2 is 1.10 bits per heavy atom. The van der Waals surface area contributed by atoms with Crippen molar-refractivity contribution >= 4 is 23.7 Å². The highest BCUT2D eigenvalue weighted by Gasteiger charge is 2.42. The van der Waals surface area contributed by atoms with Gasteiger partial charge in [-0.25, -0.2) is 4.79 Å². The summed E-state index contributed by atoms with van der Waals surface area (Å²) in [5, 5.41) is 12.6. The topological polar surface area (TPSA) is 211 Å². The lowest BCUT2D eigenvalue weighted by Gasteiger charge is -2.16. The molecule has 0 aliphatic carbocycles. The van der Waals surface area contributed by atoms with E-state index < -0.39 is 0 Å². The van der Waals surface area contributed by atoms with Crippen molar-refractivity contribution in [2.75, 3.05) is 151 Å². The van der Waals surface area contributed by atoms with Gasteiger partial charge in [-0.1, -0.05) is 11.5 Å². The van der Waals surface area contributed by atoms with Gasteiger partial charge in [-0.2, -0.15) is 11.8 Å². The maximum absolute atomic E-state index is 12.0. The lowest BCUT2D eigenvalue weighted by Crippen LogP contribution is -2.36. The minimum atomic E-state index is -0.0622. The number of nitrogens with zero attached hydrogens (tertiary/aromatic N) is 3. The number of hydrogen-bond donors (Lipinski definition) is 3. The van der Waals surface area contributed by atoms with Gasteiger partial charge in [0.2, 0.25) is 5.91 Å². The maximum atomic E-state index is 12.0. The maximum Gasteiger partial charge on any atom is 0.315 e. The highest BCUT2D eigenvalue weighted by atomic mass is 32.2. The van der Waals surface area contributed by atoms with Gasteiger partial charge in [-0.05, 0) is 18.4 Å². The minimum Gasteiger partial charge on any atom is -0.379 e. The van der Waals surface area contributed by atoms with E-state index in [-0.39, 0.29) is 24.0 Å². The molecule has 0 bridgehead atoms. The summed E-state index contributed by atoms with van der Waals surface area (Å²) in [7, 11) is 0. The average molecular weight is 753 g/mol. The molecule has 51 heavy (non-hydrogen) atoms. The van der Waals surface area contributed by atoms with Crippen molar-refractivity contribution in [3.05, 3.63) is 10.4 Å². The fourth-order valence-electron chi connectivity index (χ4n) is 4.86. The summed E-state index contributed by atoms with van der Waals surface area (Å²) in [6, 6.07) is 0.403. The van der Waals surface area contributed by atoms with Gasteiger partial charge < -0.3 is 63.3 Å². The summed E-state index contributed by atoms with van der Waals surface area (Å²) >= 11 is 1.90. The van der Waals surface area contributed by atoms with Gasteiger partial charge in [0.1, 0.15) is 0 Å². The third-order valence-corrected chi connectivity index (χ3v) is 8.90. The zero-order valence-electron chi connectivity index (χ0n) is 30.0. The van der Waals surface area contributed by atoms with Gasteiger partial charge in [-0.15, -0.1) is 0 Å². The third-order valence-electron chi connectivity index (χ3n) is 7.40. The summed E-state index contributed by atoms with van der Waals surface area (Å²) in [6.45, 7) is 10.3. The highest BCUT2D eigenvalue weighted by Crippen LogP contribution is 2.33. The number of nitrogens with one attached hydrogen (secondary N) is 3. The van der Waals surface area contributed by atoms with Crippen LogP contribution in [0.2, 0.25) is 0 Å². The first-order valence-corrected chi connectivity index (χ1v) is 19.0. The van der Waals surface area contributed by atoms with Crippen LogP contribution < -0.4 is 16.0 Å². The van der Waals surface area contributed by atoms with Crippen LogP contribution >= 0.6 is 11.8 Å². The van der Waals surface area contributed by atoms with Crippen molar-refractivity contribution in [3.63, 3.8) is 0 Å². The summed E-state index contributed by atoms with van der Waals surface area (Å²) in [5.41, 5.74) is 8.14. The molecule has 0 radical (unpaired) electrons. The molecule has 2 saturated heterocycles. The standard InChI is InChI=1S/C32H60N6O12S/c33-38-35-6-8-42-10-12-44-14-16-46-18-20-48-22-24-50-26-25-49-23-21-47-19-17-45-15-13-43-11-9-41-7-5-34-30(39)4-2-1-3-29-31-28(27-51-29)36-32(40)37-31/h28-29,31H,1-27H2,(H,34,39)(H2,36,37,40). The van der Waals surface area contributed by atoms with Crippen molar-refractivity contribution in [1.82, 2.24) is 16.0 Å². The first kappa shape index (κ1) is 45.2. The molecule has 3 atom stereocenters. The lowest BCUT2D eigenvalue weighted by atomic mass is 10.0. The zero-order chi connectivity index (χ0) is 36.3. The number of unbranched alkanes of at least 4 members (excludes halogenated alkanes) is 1. The number of rotatable bonds is 38. The predicted octanol–water partition coefficient (Wildman–Crippen LogP) is 1.30. The van der Waals surface area contributed by atoms with Gasteiger partial charge in [0.05, 0.1) is 144 Å². The fourth-order valence-corrected chi connectivity index (χ4v) is 6.40. The van der Waals surface area contributed by atoms with Crippen molar-refractivity contribution < 1.29 is 57.0 Å². The molecule has 296 valence electrons. The number of carbonyl (C=O) groups excluding carboxylic acids is 2. The van der Waals surface area contributed by atoms with Crippen LogP contribution in [-0.2, 0) is 52.2 Å². The number of carbonyl (C=O) groups is 2. The molecule has 0 aromatic heterocycles. The normalized spacial score (nSPS) is 18.0. The summed E-state index contributed by atoms with van der Waals surface area (Å²) in [4.78, 5) is 26.1. The van der Waals surface area contributed by atoms with Crippen molar-refractivity contribution in [2.45, 2.75) is 43.0 Å². The van der Waals surface area contributed by atoms with E-state index in [4.69, 9.17) is 52.9 Å². The van der Waals surface area contributed by atoms with Crippen LogP contribution in [0.4, 0.5) is 4.79 Å². The number of amides is 3. The molecule has 2 rings (SSSR count). The number of fused-ring (bicyclic) bond motifs is 1. The van der Waals surface area contributed by atoms with Crippen molar-refractivity contribution in [3.8, 4) is 0 Å². The van der Waals surface area contributed by atoms with Gasteiger partial charge in [0.25, 0.3) is 0 Å². The summed E-state index contributed by atoms with van der Waals surface area (Å²) < 4.78 is 54.4. The second-order valence-electron chi connectivity index (χ2n) is 11.3. The fraction of sp³-hybridized carbons (Fsp3) is 0.938. The Morgan fingerprint density at radius 1 is 0.667 bits per heavy atom. The van der Waals surface area contributed by atoms with E-state index in [2.05, 4.69) is 26.0 Å². The first-order valence-electron chi connectivity index (χ1n) is 17.9. The largest absolute Gasteiger partial charge is 0.379 e. The van der Waals surface area contributed by atoms with Crippen molar-refractivity contribution in [1.29, 1.82) is 0 Å². The van der Waals surface area contributed by atoms with Gasteiger partial charge in [0.15, 0.2) is 0 Å². The van der Waals surface area contributed by atoms with Crippen LogP contribution in [0.15, 0.2) is 5.11 Å². The smallest absolute Gasteiger partial charge is 0.315 e. The molecular weight excluding hydrogens is 692 g/mol. The van der Waals surface area contributed by atoms with Crippen LogP contribution in [-0.4, -0.2) is 180 Å². The van der Waals surface area contributed by atoms with Gasteiger partial charge in [-0.3, -0.25) is 4.79 Å². The average Bonchev–Trinajstić information content (AvgIpc) is 3.69. The van der Waals surface area contributed by atoms with E-state index in [1.807, 2.05) is 11.8 Å². The molecule has 2 fully saturated rings. The second-order valence-corrected chi connectivity index (χ2v) is 12.6. The number of azide groups is 1. The Hall–Kier alpha value is -2.00. The minimum absolute atomic E-state index is 0.0408. The Morgan fingerprint density at radius 3 is 1.55 bits per heavy atom. The molecule has 0 saturated carbocycles. The number of ether oxygens (including phenoxy) is 10. The van der Waals surface area contributed by atoms with Crippen LogP contribution in [0, 0.1) is 0 Å². The van der Waals surface area contributed by atoms with E-state index in [0.29, 0.717) is 157 Å². The molecule has 3 amide bonds. The number of hydrogen-bond acceptors (Lipinski definition) is 14. The molecule has 0 aromatic rings. The molecule has 2 aliphatic rings. The molecule has 2 heterocycles. The molecule has 0 aromatic carbocycles. The quantitative estimate of drug-likeness (QED) is 0.0267. The Kier molecular flexibility index (Phi) is 29.9. The zero-order valence-corrected chi connectivity index (χ0v) is 30.8. The Bertz CT molecular complexity index is 911. The Labute approximate surface area is 305 Å². The molecular formula is C32H60N6O12S. The predicted molar refractivity (Wildman–Crippen MR) is 189 cm³/mol. The SMILES string of the molecule is [N-]=[N+]=NCCOCCOCCOCCOCCOCCOCCOCCOCCOCCOCCNC(=O)CCCCC1SCC2NC(=O)NC21. The summed E-state index contributed by atoms with van der Waals surface area (Å²) in [6.07, 6.45) is 3.33. The van der Waals surface area contributed by atoms with E-state index in [9.17, 15) is 9.59 Å². The molecule has 3 N–H and O–H groups in total. The van der Waals surface area contributed by atoms with Gasteiger partial charge >= 0.3 is 6.03 Å². The number of urea groups is 1. The third kappa shape index (κ3) is 26.4. The lowest BCUT2D eigenvalue weighted by molar-refractivity contribution is -0.121.